The van der Waals surface area contributed by atoms with Crippen LogP contribution in [0.25, 0.3) is 0 Å². The van der Waals surface area contributed by atoms with Gasteiger partial charge in [-0.05, 0) is 36.4 Å². The third kappa shape index (κ3) is 5.69. The van der Waals surface area contributed by atoms with Crippen LogP contribution in [0.2, 0.25) is 5.02 Å². The Morgan fingerprint density at radius 1 is 1.12 bits per heavy atom. The van der Waals surface area contributed by atoms with Gasteiger partial charge < -0.3 is 19.5 Å². The number of carbonyl (C=O) groups excluding carboxylic acids is 2. The van der Waals surface area contributed by atoms with E-state index < -0.39 is 12.6 Å². The number of halogens is 1. The van der Waals surface area contributed by atoms with Crippen LogP contribution in [0, 0.1) is 0 Å². The van der Waals surface area contributed by atoms with Crippen molar-refractivity contribution in [2.45, 2.75) is 0 Å². The Morgan fingerprint density at radius 3 is 2.48 bits per heavy atom. The quantitative estimate of drug-likeness (QED) is 0.765. The fourth-order valence-corrected chi connectivity index (χ4v) is 2.04. The van der Waals surface area contributed by atoms with Crippen LogP contribution in [0.4, 0.5) is 0 Å². The summed E-state index contributed by atoms with van der Waals surface area (Å²) < 4.78 is 10.4. The minimum atomic E-state index is -0.753. The Kier molecular flexibility index (Phi) is 6.65. The number of aromatic hydroxyl groups is 1. The van der Waals surface area contributed by atoms with Crippen LogP contribution in [0.5, 0.6) is 11.5 Å². The van der Waals surface area contributed by atoms with Crippen LogP contribution in [0.1, 0.15) is 10.4 Å². The molecule has 2 rings (SSSR count). The predicted octanol–water partition coefficient (Wildman–Crippen LogP) is 2.74. The van der Waals surface area contributed by atoms with Crippen LogP contribution in [0.15, 0.2) is 48.5 Å². The molecule has 0 aliphatic rings. The van der Waals surface area contributed by atoms with Gasteiger partial charge in [-0.3, -0.25) is 4.79 Å². The lowest BCUT2D eigenvalue weighted by Crippen LogP contribution is -2.34. The molecule has 0 saturated heterocycles. The highest BCUT2D eigenvalue weighted by atomic mass is 35.5. The number of phenols is 1. The maximum Gasteiger partial charge on any atom is 0.342 e. The summed E-state index contributed by atoms with van der Waals surface area (Å²) in [6.07, 6.45) is 0. The number of nitrogens with zero attached hydrogens (tertiary/aromatic N) is 1. The minimum Gasteiger partial charge on any atom is -0.507 e. The van der Waals surface area contributed by atoms with Gasteiger partial charge in [0, 0.05) is 12.1 Å². The zero-order valence-electron chi connectivity index (χ0n) is 13.6. The van der Waals surface area contributed by atoms with Gasteiger partial charge >= 0.3 is 5.97 Å². The first-order chi connectivity index (χ1) is 12.0. The molecule has 0 heterocycles. The summed E-state index contributed by atoms with van der Waals surface area (Å²) in [5.41, 5.74) is 0.0176. The Bertz CT molecular complexity index is 733. The van der Waals surface area contributed by atoms with Crippen molar-refractivity contribution in [3.05, 3.63) is 59.1 Å². The molecular formula is C18H18ClNO5. The number of benzene rings is 2. The van der Waals surface area contributed by atoms with E-state index in [2.05, 4.69) is 0 Å². The third-order valence-corrected chi connectivity index (χ3v) is 3.64. The topological polar surface area (TPSA) is 76.1 Å². The second kappa shape index (κ2) is 8.94. The molecule has 1 amide bonds. The molecule has 2 aromatic rings. The second-order valence-electron chi connectivity index (χ2n) is 5.21. The number of esters is 1. The number of likely N-dealkylation sites (N-methyl/N-ethyl adjacent to an activating group) is 1. The molecule has 2 aromatic carbocycles. The first-order valence-corrected chi connectivity index (χ1v) is 7.92. The Hall–Kier alpha value is -2.73. The zero-order valence-corrected chi connectivity index (χ0v) is 14.4. The van der Waals surface area contributed by atoms with Crippen molar-refractivity contribution >= 4 is 23.5 Å². The molecule has 0 atom stereocenters. The minimum absolute atomic E-state index is 0.0176. The largest absolute Gasteiger partial charge is 0.507 e. The Labute approximate surface area is 150 Å². The molecule has 6 nitrogen and oxygen atoms in total. The Balaban J connectivity index is 1.73. The Morgan fingerprint density at radius 2 is 1.80 bits per heavy atom. The number of rotatable bonds is 7. The van der Waals surface area contributed by atoms with Crippen LogP contribution >= 0.6 is 11.6 Å². The molecule has 0 bridgehead atoms. The number of phenolic OH excluding ortho intramolecular Hbond substituents is 1. The molecule has 25 heavy (non-hydrogen) atoms. The average Bonchev–Trinajstić information content (AvgIpc) is 2.61. The van der Waals surface area contributed by atoms with E-state index in [-0.39, 0.29) is 23.8 Å². The first-order valence-electron chi connectivity index (χ1n) is 7.55. The summed E-state index contributed by atoms with van der Waals surface area (Å²) in [5, 5.41) is 10.2. The zero-order chi connectivity index (χ0) is 18.2. The highest BCUT2D eigenvalue weighted by Gasteiger charge is 2.15. The van der Waals surface area contributed by atoms with Crippen LogP contribution in [-0.2, 0) is 9.53 Å². The average molecular weight is 364 g/mol. The van der Waals surface area contributed by atoms with Gasteiger partial charge in [0.1, 0.15) is 23.7 Å². The monoisotopic (exact) mass is 363 g/mol. The van der Waals surface area contributed by atoms with E-state index in [0.29, 0.717) is 17.3 Å². The summed E-state index contributed by atoms with van der Waals surface area (Å²) in [6, 6.07) is 12.9. The van der Waals surface area contributed by atoms with E-state index in [1.165, 1.54) is 17.0 Å². The number of ether oxygens (including phenoxy) is 2. The van der Waals surface area contributed by atoms with E-state index in [0.717, 1.165) is 0 Å². The van der Waals surface area contributed by atoms with E-state index >= 15 is 0 Å². The lowest BCUT2D eigenvalue weighted by molar-refractivity contribution is -0.133. The number of hydrogen-bond acceptors (Lipinski definition) is 5. The van der Waals surface area contributed by atoms with Crippen molar-refractivity contribution < 1.29 is 24.2 Å². The molecule has 0 fully saturated rings. The van der Waals surface area contributed by atoms with Gasteiger partial charge in [0.2, 0.25) is 0 Å². The lowest BCUT2D eigenvalue weighted by atomic mass is 10.2. The summed E-state index contributed by atoms with van der Waals surface area (Å²) >= 11 is 5.79. The van der Waals surface area contributed by atoms with Crippen molar-refractivity contribution in [1.82, 2.24) is 4.90 Å². The molecule has 0 spiro atoms. The highest BCUT2D eigenvalue weighted by molar-refractivity contribution is 6.30. The number of amides is 1. The molecule has 0 aromatic heterocycles. The molecule has 0 aliphatic carbocycles. The molecule has 0 saturated carbocycles. The van der Waals surface area contributed by atoms with E-state index in [9.17, 15) is 14.7 Å². The SMILES string of the molecule is CN(CCOc1ccc(Cl)cc1)C(=O)COC(=O)c1ccccc1O. The van der Waals surface area contributed by atoms with Gasteiger partial charge in [-0.2, -0.15) is 0 Å². The van der Waals surface area contributed by atoms with Gasteiger partial charge in [0.15, 0.2) is 6.61 Å². The first kappa shape index (κ1) is 18.6. The van der Waals surface area contributed by atoms with Gasteiger partial charge in [-0.1, -0.05) is 23.7 Å². The molecule has 0 unspecified atom stereocenters. The van der Waals surface area contributed by atoms with Crippen LogP contribution in [-0.4, -0.2) is 48.7 Å². The maximum atomic E-state index is 12.0. The van der Waals surface area contributed by atoms with Crippen LogP contribution < -0.4 is 4.74 Å². The fraction of sp³-hybridized carbons (Fsp3) is 0.222. The highest BCUT2D eigenvalue weighted by Crippen LogP contribution is 2.17. The van der Waals surface area contributed by atoms with Gasteiger partial charge in [0.25, 0.3) is 5.91 Å². The summed E-state index contributed by atoms with van der Waals surface area (Å²) in [5.74, 6) is -0.665. The molecule has 0 aliphatic heterocycles. The van der Waals surface area contributed by atoms with E-state index in [1.807, 2.05) is 0 Å². The third-order valence-electron chi connectivity index (χ3n) is 3.39. The van der Waals surface area contributed by atoms with Crippen molar-refractivity contribution in [2.75, 3.05) is 26.8 Å². The van der Waals surface area contributed by atoms with Crippen molar-refractivity contribution in [3.63, 3.8) is 0 Å². The van der Waals surface area contributed by atoms with Crippen molar-refractivity contribution in [2.24, 2.45) is 0 Å². The summed E-state index contributed by atoms with van der Waals surface area (Å²) in [7, 11) is 1.58. The van der Waals surface area contributed by atoms with Gasteiger partial charge in [-0.15, -0.1) is 0 Å². The van der Waals surface area contributed by atoms with Crippen molar-refractivity contribution in [1.29, 1.82) is 0 Å². The smallest absolute Gasteiger partial charge is 0.342 e. The number of para-hydroxylation sites is 1. The summed E-state index contributed by atoms with van der Waals surface area (Å²) in [6.45, 7) is 0.206. The molecular weight excluding hydrogens is 346 g/mol. The van der Waals surface area contributed by atoms with Crippen LogP contribution in [0.3, 0.4) is 0 Å². The molecule has 7 heteroatoms. The van der Waals surface area contributed by atoms with Gasteiger partial charge in [-0.25, -0.2) is 4.79 Å². The number of hydrogen-bond donors (Lipinski definition) is 1. The standard InChI is InChI=1S/C18H18ClNO5/c1-20(10-11-24-14-8-6-13(19)7-9-14)17(22)12-25-18(23)15-4-2-3-5-16(15)21/h2-9,21H,10-12H2,1H3. The van der Waals surface area contributed by atoms with E-state index in [1.54, 1.807) is 43.4 Å². The molecule has 0 radical (unpaired) electrons. The second-order valence-corrected chi connectivity index (χ2v) is 5.65. The van der Waals surface area contributed by atoms with Gasteiger partial charge in [0.05, 0.1) is 6.54 Å². The summed E-state index contributed by atoms with van der Waals surface area (Å²) in [4.78, 5) is 25.2. The normalized spacial score (nSPS) is 10.2. The lowest BCUT2D eigenvalue weighted by Gasteiger charge is -2.17. The number of carbonyl (C=O) groups is 2. The van der Waals surface area contributed by atoms with E-state index in [4.69, 9.17) is 21.1 Å². The predicted molar refractivity (Wildman–Crippen MR) is 93.0 cm³/mol. The molecule has 132 valence electrons. The maximum absolute atomic E-state index is 12.0. The van der Waals surface area contributed by atoms with Crippen molar-refractivity contribution in [3.8, 4) is 11.5 Å². The molecule has 1 N–H and O–H groups in total. The fourth-order valence-electron chi connectivity index (χ4n) is 1.92.